The van der Waals surface area contributed by atoms with Crippen molar-refractivity contribution < 1.29 is 23.4 Å². The lowest BCUT2D eigenvalue weighted by atomic mass is 9.88. The molecule has 1 fully saturated rings. The standard InChI is InChI=1S/C12H13BrF2O3/c1-2-17-12-8(16)5-10(12)18-9-4-6(13)3-7(14)11(9)15/h3-4,8,10,12,16H,2,5H2,1H3. The maximum absolute atomic E-state index is 13.5. The molecule has 18 heavy (non-hydrogen) atoms. The molecule has 1 aromatic carbocycles. The summed E-state index contributed by atoms with van der Waals surface area (Å²) in [4.78, 5) is 0. The van der Waals surface area contributed by atoms with Crippen LogP contribution in [0.15, 0.2) is 16.6 Å². The molecule has 1 aliphatic rings. The zero-order valence-corrected chi connectivity index (χ0v) is 11.3. The first-order valence-corrected chi connectivity index (χ1v) is 6.43. The van der Waals surface area contributed by atoms with Crippen molar-refractivity contribution in [3.05, 3.63) is 28.2 Å². The topological polar surface area (TPSA) is 38.7 Å². The fourth-order valence-corrected chi connectivity index (χ4v) is 2.27. The second-order valence-electron chi connectivity index (χ2n) is 4.08. The van der Waals surface area contributed by atoms with Crippen LogP contribution in [-0.2, 0) is 4.74 Å². The van der Waals surface area contributed by atoms with E-state index in [1.807, 2.05) is 0 Å². The van der Waals surface area contributed by atoms with Gasteiger partial charge in [-0.1, -0.05) is 15.9 Å². The molecule has 3 atom stereocenters. The van der Waals surface area contributed by atoms with Gasteiger partial charge in [0.1, 0.15) is 12.2 Å². The lowest BCUT2D eigenvalue weighted by Crippen LogP contribution is -2.55. The molecule has 1 N–H and O–H groups in total. The molecular formula is C12H13BrF2O3. The van der Waals surface area contributed by atoms with E-state index in [-0.39, 0.29) is 5.75 Å². The van der Waals surface area contributed by atoms with Crippen molar-refractivity contribution in [3.8, 4) is 5.75 Å². The van der Waals surface area contributed by atoms with E-state index in [9.17, 15) is 13.9 Å². The molecule has 0 saturated heterocycles. The van der Waals surface area contributed by atoms with Crippen LogP contribution >= 0.6 is 15.9 Å². The van der Waals surface area contributed by atoms with Crippen molar-refractivity contribution in [2.45, 2.75) is 31.7 Å². The average molecular weight is 323 g/mol. The van der Waals surface area contributed by atoms with Gasteiger partial charge in [-0.25, -0.2) is 4.39 Å². The Labute approximate surface area is 112 Å². The Bertz CT molecular complexity index is 442. The Kier molecular flexibility index (Phi) is 4.19. The van der Waals surface area contributed by atoms with Crippen LogP contribution in [-0.4, -0.2) is 30.0 Å². The number of rotatable bonds is 4. The highest BCUT2D eigenvalue weighted by Gasteiger charge is 2.43. The van der Waals surface area contributed by atoms with Crippen LogP contribution in [0.1, 0.15) is 13.3 Å². The van der Waals surface area contributed by atoms with Crippen LogP contribution in [0.25, 0.3) is 0 Å². The Morgan fingerprint density at radius 2 is 2.17 bits per heavy atom. The monoisotopic (exact) mass is 322 g/mol. The lowest BCUT2D eigenvalue weighted by molar-refractivity contribution is -0.161. The summed E-state index contributed by atoms with van der Waals surface area (Å²) in [6, 6.07) is 2.38. The fourth-order valence-electron chi connectivity index (χ4n) is 1.87. The molecule has 0 aliphatic heterocycles. The summed E-state index contributed by atoms with van der Waals surface area (Å²) in [5.41, 5.74) is 0. The predicted octanol–water partition coefficient (Wildman–Crippen LogP) is 2.64. The summed E-state index contributed by atoms with van der Waals surface area (Å²) in [5.74, 6) is -2.19. The molecule has 100 valence electrons. The molecule has 1 saturated carbocycles. The molecule has 0 radical (unpaired) electrons. The van der Waals surface area contributed by atoms with E-state index in [1.54, 1.807) is 6.92 Å². The van der Waals surface area contributed by atoms with Gasteiger partial charge in [0.15, 0.2) is 11.6 Å². The van der Waals surface area contributed by atoms with Crippen molar-refractivity contribution in [2.24, 2.45) is 0 Å². The van der Waals surface area contributed by atoms with Crippen LogP contribution in [0.5, 0.6) is 5.75 Å². The van der Waals surface area contributed by atoms with Gasteiger partial charge in [0, 0.05) is 17.5 Å². The van der Waals surface area contributed by atoms with Crippen molar-refractivity contribution in [1.82, 2.24) is 0 Å². The third kappa shape index (κ3) is 2.65. The van der Waals surface area contributed by atoms with E-state index in [0.29, 0.717) is 17.5 Å². The molecule has 3 unspecified atom stereocenters. The molecule has 0 bridgehead atoms. The zero-order chi connectivity index (χ0) is 13.3. The number of aliphatic hydroxyl groups is 1. The summed E-state index contributed by atoms with van der Waals surface area (Å²) in [6.07, 6.45) is -1.22. The highest BCUT2D eigenvalue weighted by atomic mass is 79.9. The fraction of sp³-hybridized carbons (Fsp3) is 0.500. The lowest BCUT2D eigenvalue weighted by Gasteiger charge is -2.40. The minimum atomic E-state index is -1.03. The number of aliphatic hydroxyl groups excluding tert-OH is 1. The van der Waals surface area contributed by atoms with E-state index in [2.05, 4.69) is 15.9 Å². The summed E-state index contributed by atoms with van der Waals surface area (Å²) in [5, 5.41) is 9.48. The van der Waals surface area contributed by atoms with E-state index < -0.39 is 29.9 Å². The first kappa shape index (κ1) is 13.7. The summed E-state index contributed by atoms with van der Waals surface area (Å²) >= 11 is 3.07. The smallest absolute Gasteiger partial charge is 0.200 e. The third-order valence-corrected chi connectivity index (χ3v) is 3.27. The van der Waals surface area contributed by atoms with Gasteiger partial charge in [-0.15, -0.1) is 0 Å². The van der Waals surface area contributed by atoms with Gasteiger partial charge < -0.3 is 14.6 Å². The first-order valence-electron chi connectivity index (χ1n) is 5.63. The number of benzene rings is 1. The number of hydrogen-bond donors (Lipinski definition) is 1. The SMILES string of the molecule is CCOC1C(O)CC1Oc1cc(Br)cc(F)c1F. The highest BCUT2D eigenvalue weighted by molar-refractivity contribution is 9.10. The van der Waals surface area contributed by atoms with Gasteiger partial charge in [-0.05, 0) is 19.1 Å². The third-order valence-electron chi connectivity index (χ3n) is 2.82. The quantitative estimate of drug-likeness (QED) is 0.866. The van der Waals surface area contributed by atoms with Gasteiger partial charge in [0.05, 0.1) is 6.10 Å². The molecular weight excluding hydrogens is 310 g/mol. The zero-order valence-electron chi connectivity index (χ0n) is 9.70. The largest absolute Gasteiger partial charge is 0.484 e. The van der Waals surface area contributed by atoms with Crippen LogP contribution in [0, 0.1) is 11.6 Å². The summed E-state index contributed by atoms with van der Waals surface area (Å²) in [7, 11) is 0. The molecule has 0 spiro atoms. The molecule has 0 amide bonds. The Morgan fingerprint density at radius 3 is 2.78 bits per heavy atom. The maximum Gasteiger partial charge on any atom is 0.200 e. The average Bonchev–Trinajstić information content (AvgIpc) is 2.31. The molecule has 6 heteroatoms. The number of hydrogen-bond acceptors (Lipinski definition) is 3. The minimum absolute atomic E-state index is 0.177. The van der Waals surface area contributed by atoms with Crippen LogP contribution in [0.4, 0.5) is 8.78 Å². The van der Waals surface area contributed by atoms with Crippen LogP contribution in [0.2, 0.25) is 0 Å². The number of halogens is 3. The second-order valence-corrected chi connectivity index (χ2v) is 4.99. The van der Waals surface area contributed by atoms with E-state index >= 15 is 0 Å². The molecule has 2 rings (SSSR count). The van der Waals surface area contributed by atoms with Gasteiger partial charge >= 0.3 is 0 Å². The Morgan fingerprint density at radius 1 is 1.44 bits per heavy atom. The maximum atomic E-state index is 13.5. The summed E-state index contributed by atoms with van der Waals surface area (Å²) < 4.78 is 37.7. The molecule has 0 heterocycles. The molecule has 1 aliphatic carbocycles. The van der Waals surface area contributed by atoms with Gasteiger partial charge in [-0.2, -0.15) is 4.39 Å². The molecule has 0 aromatic heterocycles. The summed E-state index contributed by atoms with van der Waals surface area (Å²) in [6.45, 7) is 2.22. The van der Waals surface area contributed by atoms with Crippen molar-refractivity contribution in [1.29, 1.82) is 0 Å². The normalized spacial score (nSPS) is 26.8. The van der Waals surface area contributed by atoms with E-state index in [0.717, 1.165) is 6.07 Å². The van der Waals surface area contributed by atoms with E-state index in [4.69, 9.17) is 9.47 Å². The predicted molar refractivity (Wildman–Crippen MR) is 64.5 cm³/mol. The van der Waals surface area contributed by atoms with Crippen LogP contribution < -0.4 is 4.74 Å². The van der Waals surface area contributed by atoms with Crippen molar-refractivity contribution >= 4 is 15.9 Å². The molecule has 3 nitrogen and oxygen atoms in total. The van der Waals surface area contributed by atoms with Gasteiger partial charge in [-0.3, -0.25) is 0 Å². The first-order chi connectivity index (χ1) is 8.52. The molecule has 1 aromatic rings. The highest BCUT2D eigenvalue weighted by Crippen LogP contribution is 2.32. The van der Waals surface area contributed by atoms with Gasteiger partial charge in [0.2, 0.25) is 5.82 Å². The second kappa shape index (κ2) is 5.50. The minimum Gasteiger partial charge on any atom is -0.484 e. The number of ether oxygens (including phenoxy) is 2. The Hall–Kier alpha value is -0.720. The van der Waals surface area contributed by atoms with Crippen LogP contribution in [0.3, 0.4) is 0 Å². The Balaban J connectivity index is 2.10. The van der Waals surface area contributed by atoms with Crippen molar-refractivity contribution in [2.75, 3.05) is 6.61 Å². The van der Waals surface area contributed by atoms with E-state index in [1.165, 1.54) is 6.07 Å². The van der Waals surface area contributed by atoms with Crippen molar-refractivity contribution in [3.63, 3.8) is 0 Å². The van der Waals surface area contributed by atoms with Gasteiger partial charge in [0.25, 0.3) is 0 Å².